The Kier molecular flexibility index (Phi) is 4.59. The summed E-state index contributed by atoms with van der Waals surface area (Å²) in [5.41, 5.74) is 1.33. The lowest BCUT2D eigenvalue weighted by atomic mass is 10.1. The van der Waals surface area contributed by atoms with Crippen molar-refractivity contribution in [3.05, 3.63) is 23.9 Å². The minimum atomic E-state index is 0.372. The molecular weight excluding hydrogens is 222 g/mol. The molecule has 2 heterocycles. The predicted octanol–water partition coefficient (Wildman–Crippen LogP) is 3.13. The number of hydrogen-bond acceptors (Lipinski definition) is 3. The molecule has 1 aliphatic heterocycles. The summed E-state index contributed by atoms with van der Waals surface area (Å²) in [5, 5.41) is 3.49. The van der Waals surface area contributed by atoms with Crippen LogP contribution in [-0.4, -0.2) is 24.1 Å². The second-order valence-electron chi connectivity index (χ2n) is 5.09. The Labute approximate surface area is 111 Å². The first-order chi connectivity index (χ1) is 8.77. The van der Waals surface area contributed by atoms with Gasteiger partial charge >= 0.3 is 0 Å². The molecule has 1 fully saturated rings. The third-order valence-corrected chi connectivity index (χ3v) is 3.91. The van der Waals surface area contributed by atoms with Crippen LogP contribution in [0, 0.1) is 0 Å². The van der Waals surface area contributed by atoms with Gasteiger partial charge in [-0.3, -0.25) is 0 Å². The van der Waals surface area contributed by atoms with Crippen LogP contribution in [0.25, 0.3) is 0 Å². The molecule has 100 valence electrons. The first-order valence-electron chi connectivity index (χ1n) is 7.22. The van der Waals surface area contributed by atoms with Crippen LogP contribution < -0.4 is 10.2 Å². The molecule has 0 aliphatic carbocycles. The molecule has 0 spiro atoms. The zero-order valence-electron chi connectivity index (χ0n) is 11.8. The van der Waals surface area contributed by atoms with Gasteiger partial charge in [-0.05, 0) is 38.8 Å². The number of rotatable bonds is 5. The van der Waals surface area contributed by atoms with Crippen LogP contribution in [0.15, 0.2) is 18.3 Å². The lowest BCUT2D eigenvalue weighted by Crippen LogP contribution is -2.31. The van der Waals surface area contributed by atoms with E-state index < -0.39 is 0 Å². The van der Waals surface area contributed by atoms with Gasteiger partial charge < -0.3 is 10.2 Å². The first kappa shape index (κ1) is 13.3. The molecule has 0 bridgehead atoms. The molecule has 3 nitrogen and oxygen atoms in total. The van der Waals surface area contributed by atoms with Gasteiger partial charge in [0.05, 0.1) is 0 Å². The van der Waals surface area contributed by atoms with E-state index in [9.17, 15) is 0 Å². The molecule has 2 unspecified atom stereocenters. The molecule has 18 heavy (non-hydrogen) atoms. The zero-order valence-corrected chi connectivity index (χ0v) is 11.8. The Morgan fingerprint density at radius 3 is 3.06 bits per heavy atom. The van der Waals surface area contributed by atoms with Crippen molar-refractivity contribution in [1.82, 2.24) is 10.3 Å². The molecule has 2 rings (SSSR count). The first-order valence-corrected chi connectivity index (χ1v) is 7.22. The van der Waals surface area contributed by atoms with Gasteiger partial charge in [0.2, 0.25) is 0 Å². The Bertz CT molecular complexity index is 378. The lowest BCUT2D eigenvalue weighted by Gasteiger charge is -2.28. The van der Waals surface area contributed by atoms with Gasteiger partial charge in [0.15, 0.2) is 0 Å². The summed E-state index contributed by atoms with van der Waals surface area (Å²) in [5.74, 6) is 1.19. The molecule has 1 saturated heterocycles. The standard InChI is InChI=1S/C15H25N3/c1-4-13-8-7-11-18(13)15-14(9-6-10-17-15)12(3)16-5-2/h6,9-10,12-13,16H,4-5,7-8,11H2,1-3H3. The molecule has 0 aromatic carbocycles. The quantitative estimate of drug-likeness (QED) is 0.866. The van der Waals surface area contributed by atoms with Gasteiger partial charge in [0.1, 0.15) is 5.82 Å². The molecule has 1 aromatic rings. The number of pyridine rings is 1. The van der Waals surface area contributed by atoms with E-state index in [0.717, 1.165) is 13.1 Å². The fourth-order valence-electron chi connectivity index (χ4n) is 2.94. The van der Waals surface area contributed by atoms with Crippen LogP contribution in [0.4, 0.5) is 5.82 Å². The summed E-state index contributed by atoms with van der Waals surface area (Å²) in [6.45, 7) is 8.80. The molecule has 3 heteroatoms. The Balaban J connectivity index is 2.26. The van der Waals surface area contributed by atoms with Crippen molar-refractivity contribution < 1.29 is 0 Å². The summed E-state index contributed by atoms with van der Waals surface area (Å²) in [4.78, 5) is 7.15. The van der Waals surface area contributed by atoms with Crippen LogP contribution in [-0.2, 0) is 0 Å². The average Bonchev–Trinajstić information content (AvgIpc) is 2.87. The summed E-state index contributed by atoms with van der Waals surface area (Å²) >= 11 is 0. The zero-order chi connectivity index (χ0) is 13.0. The van der Waals surface area contributed by atoms with E-state index in [0.29, 0.717) is 12.1 Å². The lowest BCUT2D eigenvalue weighted by molar-refractivity contribution is 0.585. The van der Waals surface area contributed by atoms with Gasteiger partial charge in [0.25, 0.3) is 0 Å². The van der Waals surface area contributed by atoms with Crippen molar-refractivity contribution in [2.45, 2.75) is 52.1 Å². The Hall–Kier alpha value is -1.09. The molecule has 1 N–H and O–H groups in total. The van der Waals surface area contributed by atoms with Crippen LogP contribution in [0.1, 0.15) is 51.6 Å². The van der Waals surface area contributed by atoms with Gasteiger partial charge in [-0.15, -0.1) is 0 Å². The van der Waals surface area contributed by atoms with E-state index in [1.165, 1.54) is 30.6 Å². The normalized spacial score (nSPS) is 21.3. The second kappa shape index (κ2) is 6.19. The van der Waals surface area contributed by atoms with Crippen molar-refractivity contribution in [1.29, 1.82) is 0 Å². The minimum Gasteiger partial charge on any atom is -0.353 e. The summed E-state index contributed by atoms with van der Waals surface area (Å²) in [6, 6.07) is 5.30. The van der Waals surface area contributed by atoms with Gasteiger partial charge in [-0.2, -0.15) is 0 Å². The highest BCUT2D eigenvalue weighted by molar-refractivity contribution is 5.50. The molecule has 0 amide bonds. The highest BCUT2D eigenvalue weighted by Gasteiger charge is 2.26. The second-order valence-corrected chi connectivity index (χ2v) is 5.09. The molecular formula is C15H25N3. The predicted molar refractivity (Wildman–Crippen MR) is 77.0 cm³/mol. The fourth-order valence-corrected chi connectivity index (χ4v) is 2.94. The number of nitrogens with one attached hydrogen (secondary N) is 1. The number of hydrogen-bond donors (Lipinski definition) is 1. The van der Waals surface area contributed by atoms with Crippen molar-refractivity contribution >= 4 is 5.82 Å². The summed E-state index contributed by atoms with van der Waals surface area (Å²) < 4.78 is 0. The number of aromatic nitrogens is 1. The average molecular weight is 247 g/mol. The molecule has 1 aromatic heterocycles. The topological polar surface area (TPSA) is 28.2 Å². The number of anilines is 1. The highest BCUT2D eigenvalue weighted by Crippen LogP contribution is 2.31. The molecule has 0 saturated carbocycles. The van der Waals surface area contributed by atoms with E-state index in [2.05, 4.69) is 42.0 Å². The highest BCUT2D eigenvalue weighted by atomic mass is 15.2. The van der Waals surface area contributed by atoms with Gasteiger partial charge in [-0.25, -0.2) is 4.98 Å². The third-order valence-electron chi connectivity index (χ3n) is 3.91. The van der Waals surface area contributed by atoms with Crippen molar-refractivity contribution in [3.63, 3.8) is 0 Å². The maximum absolute atomic E-state index is 4.65. The van der Waals surface area contributed by atoms with Crippen molar-refractivity contribution in [2.75, 3.05) is 18.0 Å². The fraction of sp³-hybridized carbons (Fsp3) is 0.667. The molecule has 1 aliphatic rings. The third kappa shape index (κ3) is 2.66. The van der Waals surface area contributed by atoms with Gasteiger partial charge in [-0.1, -0.05) is 19.9 Å². The van der Waals surface area contributed by atoms with Crippen LogP contribution in [0.3, 0.4) is 0 Å². The smallest absolute Gasteiger partial charge is 0.133 e. The maximum Gasteiger partial charge on any atom is 0.133 e. The van der Waals surface area contributed by atoms with Crippen molar-refractivity contribution in [3.8, 4) is 0 Å². The van der Waals surface area contributed by atoms with E-state index in [4.69, 9.17) is 0 Å². The van der Waals surface area contributed by atoms with Crippen molar-refractivity contribution in [2.24, 2.45) is 0 Å². The SMILES string of the molecule is CCNC(C)c1cccnc1N1CCCC1CC. The minimum absolute atomic E-state index is 0.372. The Morgan fingerprint density at radius 2 is 2.33 bits per heavy atom. The van der Waals surface area contributed by atoms with Crippen LogP contribution in [0.2, 0.25) is 0 Å². The van der Waals surface area contributed by atoms with E-state index in [1.807, 2.05) is 12.3 Å². The summed E-state index contributed by atoms with van der Waals surface area (Å²) in [7, 11) is 0. The van der Waals surface area contributed by atoms with Gasteiger partial charge in [0, 0.05) is 30.4 Å². The summed E-state index contributed by atoms with van der Waals surface area (Å²) in [6.07, 6.45) is 5.74. The molecule has 0 radical (unpaired) electrons. The van der Waals surface area contributed by atoms with E-state index in [-0.39, 0.29) is 0 Å². The van der Waals surface area contributed by atoms with Crippen LogP contribution in [0.5, 0.6) is 0 Å². The Morgan fingerprint density at radius 1 is 1.50 bits per heavy atom. The van der Waals surface area contributed by atoms with E-state index >= 15 is 0 Å². The molecule has 2 atom stereocenters. The monoisotopic (exact) mass is 247 g/mol. The van der Waals surface area contributed by atoms with Crippen LogP contribution >= 0.6 is 0 Å². The maximum atomic E-state index is 4.65. The number of nitrogens with zero attached hydrogens (tertiary/aromatic N) is 2. The largest absolute Gasteiger partial charge is 0.353 e. The van der Waals surface area contributed by atoms with E-state index in [1.54, 1.807) is 0 Å².